The summed E-state index contributed by atoms with van der Waals surface area (Å²) >= 11 is 0. The monoisotopic (exact) mass is 256 g/mol. The van der Waals surface area contributed by atoms with E-state index in [1.54, 1.807) is 0 Å². The van der Waals surface area contributed by atoms with Gasteiger partial charge < -0.3 is 0 Å². The van der Waals surface area contributed by atoms with Gasteiger partial charge in [-0.2, -0.15) is 0 Å². The number of benzene rings is 2. The summed E-state index contributed by atoms with van der Waals surface area (Å²) in [6.07, 6.45) is 4.69. The van der Waals surface area contributed by atoms with Crippen molar-refractivity contribution in [3.8, 4) is 0 Å². The van der Waals surface area contributed by atoms with Crippen molar-refractivity contribution in [2.75, 3.05) is 0 Å². The lowest BCUT2D eigenvalue weighted by atomic mass is 10.2. The van der Waals surface area contributed by atoms with E-state index in [4.69, 9.17) is 6.30 Å². The molecule has 0 atom stereocenters. The summed E-state index contributed by atoms with van der Waals surface area (Å²) in [6, 6.07) is 21.5. The third-order valence-electron chi connectivity index (χ3n) is 3.54. The molecule has 0 nitrogen and oxygen atoms in total. The molecule has 0 heterocycles. The highest BCUT2D eigenvalue weighted by Gasteiger charge is 2.32. The third kappa shape index (κ3) is 2.18. The Morgan fingerprint density at radius 1 is 0.722 bits per heavy atom. The van der Waals surface area contributed by atoms with Crippen LogP contribution in [0.25, 0.3) is 0 Å². The van der Waals surface area contributed by atoms with Crippen molar-refractivity contribution in [1.82, 2.24) is 0 Å². The predicted octanol–water partition coefficient (Wildman–Crippen LogP) is 3.89. The molecule has 0 aliphatic carbocycles. The topological polar surface area (TPSA) is 0 Å². The van der Waals surface area contributed by atoms with Gasteiger partial charge in [-0.05, 0) is 15.8 Å². The molecule has 0 bridgehead atoms. The van der Waals surface area contributed by atoms with Crippen molar-refractivity contribution in [3.05, 3.63) is 60.7 Å². The van der Waals surface area contributed by atoms with Crippen molar-refractivity contribution >= 4 is 23.8 Å². The van der Waals surface area contributed by atoms with Gasteiger partial charge in [0.2, 0.25) is 0 Å². The average molecular weight is 256 g/mol. The largest absolute Gasteiger partial charge is 0.0922 e. The highest BCUT2D eigenvalue weighted by Crippen LogP contribution is 2.54. The van der Waals surface area contributed by atoms with Crippen LogP contribution in [0.5, 0.6) is 0 Å². The smallest absolute Gasteiger partial charge is 0.0111 e. The van der Waals surface area contributed by atoms with Crippen LogP contribution in [-0.2, 0) is 0 Å². The summed E-state index contributed by atoms with van der Waals surface area (Å²) in [5.74, 6) is 0. The molecule has 0 aliphatic rings. The van der Waals surface area contributed by atoms with Crippen LogP contribution in [0.1, 0.15) is 20.8 Å². The molecule has 0 aliphatic heterocycles. The number of hydrogen-bond acceptors (Lipinski definition) is 0. The predicted molar refractivity (Wildman–Crippen MR) is 85.9 cm³/mol. The lowest BCUT2D eigenvalue weighted by Gasteiger charge is -2.38. The van der Waals surface area contributed by atoms with Gasteiger partial charge in [-0.1, -0.05) is 94.6 Å². The lowest BCUT2D eigenvalue weighted by Crippen LogP contribution is -2.30. The van der Waals surface area contributed by atoms with Gasteiger partial charge in [-0.15, -0.1) is 0 Å². The van der Waals surface area contributed by atoms with Crippen molar-refractivity contribution in [3.63, 3.8) is 0 Å². The first-order valence-electron chi connectivity index (χ1n) is 6.31. The zero-order valence-corrected chi connectivity index (χ0v) is 12.3. The van der Waals surface area contributed by atoms with Gasteiger partial charge >= 0.3 is 0 Å². The first kappa shape index (κ1) is 13.2. The Balaban J connectivity index is 2.68. The maximum Gasteiger partial charge on any atom is -0.0111 e. The highest BCUT2D eigenvalue weighted by molar-refractivity contribution is 7.88. The lowest BCUT2D eigenvalue weighted by molar-refractivity contribution is 0.791. The minimum Gasteiger partial charge on any atom is -0.0922 e. The SMILES string of the molecule is C=P(c1ccccc1)(c1ccccc1)C(C)(C)C. The van der Waals surface area contributed by atoms with E-state index in [-0.39, 0.29) is 5.16 Å². The van der Waals surface area contributed by atoms with Crippen LogP contribution in [0, 0.1) is 0 Å². The first-order valence-corrected chi connectivity index (χ1v) is 8.28. The molecule has 0 spiro atoms. The van der Waals surface area contributed by atoms with Crippen LogP contribution in [0.4, 0.5) is 0 Å². The summed E-state index contributed by atoms with van der Waals surface area (Å²) in [6.45, 7) is 5.29. The van der Waals surface area contributed by atoms with Crippen LogP contribution >= 0.6 is 6.89 Å². The normalized spacial score (nSPS) is 12.4. The van der Waals surface area contributed by atoms with E-state index in [0.717, 1.165) is 0 Å². The van der Waals surface area contributed by atoms with E-state index >= 15 is 0 Å². The number of rotatable bonds is 2. The Bertz CT molecular complexity index is 504. The molecule has 0 saturated heterocycles. The van der Waals surface area contributed by atoms with E-state index in [2.05, 4.69) is 81.4 Å². The van der Waals surface area contributed by atoms with E-state index in [0.29, 0.717) is 0 Å². The van der Waals surface area contributed by atoms with Gasteiger partial charge in [0, 0.05) is 0 Å². The summed E-state index contributed by atoms with van der Waals surface area (Å²) in [5, 5.41) is 2.92. The summed E-state index contributed by atoms with van der Waals surface area (Å²) < 4.78 is 0. The van der Waals surface area contributed by atoms with Gasteiger partial charge in [-0.25, -0.2) is 0 Å². The Kier molecular flexibility index (Phi) is 3.50. The van der Waals surface area contributed by atoms with Crippen LogP contribution in [0.3, 0.4) is 0 Å². The zero-order valence-electron chi connectivity index (χ0n) is 11.4. The standard InChI is InChI=1S/C17H21P/c1-17(2,3)18(4,15-11-7-5-8-12-15)16-13-9-6-10-14-16/h5-14H,4H2,1-3H3. The molecule has 0 N–H and O–H groups in total. The maximum atomic E-state index is 4.69. The Morgan fingerprint density at radius 2 is 1.06 bits per heavy atom. The molecule has 1 heteroatoms. The molecule has 0 radical (unpaired) electrons. The quantitative estimate of drug-likeness (QED) is 0.715. The minimum atomic E-state index is -1.61. The molecular weight excluding hydrogens is 235 g/mol. The Labute approximate surface area is 111 Å². The maximum absolute atomic E-state index is 4.69. The molecule has 94 valence electrons. The van der Waals surface area contributed by atoms with Gasteiger partial charge in [0.05, 0.1) is 0 Å². The fraction of sp³-hybridized carbons (Fsp3) is 0.235. The van der Waals surface area contributed by atoms with E-state index in [1.165, 1.54) is 10.6 Å². The van der Waals surface area contributed by atoms with Crippen LogP contribution in [0.2, 0.25) is 0 Å². The second-order valence-electron chi connectivity index (χ2n) is 5.65. The van der Waals surface area contributed by atoms with Crippen molar-refractivity contribution in [2.45, 2.75) is 25.9 Å². The number of hydrogen-bond donors (Lipinski definition) is 0. The van der Waals surface area contributed by atoms with Gasteiger partial charge in [-0.3, -0.25) is 0 Å². The van der Waals surface area contributed by atoms with Gasteiger partial charge in [0.25, 0.3) is 0 Å². The van der Waals surface area contributed by atoms with Crippen molar-refractivity contribution < 1.29 is 0 Å². The van der Waals surface area contributed by atoms with Crippen molar-refractivity contribution in [1.29, 1.82) is 0 Å². The summed E-state index contributed by atoms with van der Waals surface area (Å²) in [4.78, 5) is 0. The third-order valence-corrected chi connectivity index (χ3v) is 8.19. The summed E-state index contributed by atoms with van der Waals surface area (Å²) in [5.41, 5.74) is 0. The fourth-order valence-corrected chi connectivity index (χ4v) is 5.50. The van der Waals surface area contributed by atoms with Crippen molar-refractivity contribution in [2.24, 2.45) is 0 Å². The fourth-order valence-electron chi connectivity index (χ4n) is 2.29. The molecule has 0 amide bonds. The minimum absolute atomic E-state index is 0.162. The first-order chi connectivity index (χ1) is 8.46. The Morgan fingerprint density at radius 3 is 1.33 bits per heavy atom. The van der Waals surface area contributed by atoms with Crippen LogP contribution in [0.15, 0.2) is 60.7 Å². The average Bonchev–Trinajstić information content (AvgIpc) is 2.38. The molecule has 0 unspecified atom stereocenters. The second-order valence-corrected chi connectivity index (χ2v) is 9.65. The van der Waals surface area contributed by atoms with Crippen LogP contribution < -0.4 is 10.6 Å². The van der Waals surface area contributed by atoms with E-state index in [1.807, 2.05) is 0 Å². The molecule has 0 saturated carbocycles. The van der Waals surface area contributed by atoms with Crippen LogP contribution in [-0.4, -0.2) is 11.5 Å². The highest BCUT2D eigenvalue weighted by atomic mass is 31.2. The van der Waals surface area contributed by atoms with Gasteiger partial charge in [0.15, 0.2) is 0 Å². The molecule has 2 aromatic carbocycles. The molecule has 0 aromatic heterocycles. The summed E-state index contributed by atoms with van der Waals surface area (Å²) in [7, 11) is 0. The molecule has 18 heavy (non-hydrogen) atoms. The van der Waals surface area contributed by atoms with E-state index < -0.39 is 6.89 Å². The molecule has 2 rings (SSSR count). The Hall–Kier alpha value is -1.26. The molecular formula is C17H21P. The molecule has 0 fully saturated rings. The zero-order chi connectivity index (χ0) is 13.2. The van der Waals surface area contributed by atoms with Gasteiger partial charge in [0.1, 0.15) is 0 Å². The molecule has 2 aromatic rings. The van der Waals surface area contributed by atoms with E-state index in [9.17, 15) is 0 Å². The second kappa shape index (κ2) is 4.78.